The van der Waals surface area contributed by atoms with Crippen LogP contribution in [0.15, 0.2) is 30.3 Å². The second kappa shape index (κ2) is 9.18. The molecule has 0 aliphatic carbocycles. The molecule has 126 valence electrons. The van der Waals surface area contributed by atoms with Gasteiger partial charge in [0, 0.05) is 25.6 Å². The van der Waals surface area contributed by atoms with Gasteiger partial charge < -0.3 is 15.3 Å². The number of benzene rings is 1. The highest BCUT2D eigenvalue weighted by atomic mass is 16.4. The quantitative estimate of drug-likeness (QED) is 0.847. The minimum atomic E-state index is -0.827. The number of carbonyl (C=O) groups is 2. The predicted molar refractivity (Wildman–Crippen MR) is 89.4 cm³/mol. The molecular formula is C18H26N2O3. The van der Waals surface area contributed by atoms with Crippen molar-refractivity contribution in [1.29, 1.82) is 0 Å². The molecule has 1 aromatic carbocycles. The highest BCUT2D eigenvalue weighted by Crippen LogP contribution is 2.12. The van der Waals surface area contributed by atoms with E-state index in [-0.39, 0.29) is 18.5 Å². The van der Waals surface area contributed by atoms with Crippen molar-refractivity contribution < 1.29 is 14.7 Å². The number of rotatable bonds is 6. The summed E-state index contributed by atoms with van der Waals surface area (Å²) in [4.78, 5) is 25.2. The third-order valence-corrected chi connectivity index (χ3v) is 4.25. The van der Waals surface area contributed by atoms with Gasteiger partial charge >= 0.3 is 12.0 Å². The number of carboxylic acid groups (broad SMARTS) is 1. The minimum Gasteiger partial charge on any atom is -0.481 e. The van der Waals surface area contributed by atoms with Crippen LogP contribution in [-0.4, -0.2) is 41.1 Å². The van der Waals surface area contributed by atoms with Gasteiger partial charge in [-0.05, 0) is 31.2 Å². The summed E-state index contributed by atoms with van der Waals surface area (Å²) < 4.78 is 0. The molecule has 0 saturated carbocycles. The fourth-order valence-electron chi connectivity index (χ4n) is 2.96. The Hall–Kier alpha value is -2.04. The maximum absolute atomic E-state index is 12.5. The van der Waals surface area contributed by atoms with E-state index in [0.29, 0.717) is 12.8 Å². The Balaban J connectivity index is 1.94. The van der Waals surface area contributed by atoms with Crippen molar-refractivity contribution in [1.82, 2.24) is 10.2 Å². The first-order valence-corrected chi connectivity index (χ1v) is 8.46. The standard InChI is InChI=1S/C18H26N2O3/c21-17(22)11-10-16(14-15-8-4-3-5-9-15)19-18(23)20-12-6-1-2-7-13-20/h3-5,8-9,16H,1-2,6-7,10-14H2,(H,19,23)(H,21,22). The third kappa shape index (κ3) is 6.30. The second-order valence-corrected chi connectivity index (χ2v) is 6.17. The molecule has 1 saturated heterocycles. The molecule has 0 aromatic heterocycles. The molecule has 0 spiro atoms. The molecule has 2 amide bonds. The molecular weight excluding hydrogens is 292 g/mol. The van der Waals surface area contributed by atoms with Gasteiger partial charge in [0.05, 0.1) is 0 Å². The predicted octanol–water partition coefficient (Wildman–Crippen LogP) is 3.05. The first kappa shape index (κ1) is 17.3. The minimum absolute atomic E-state index is 0.0572. The number of likely N-dealkylation sites (tertiary alicyclic amines) is 1. The highest BCUT2D eigenvalue weighted by molar-refractivity contribution is 5.74. The Bertz CT molecular complexity index is 496. The number of nitrogens with zero attached hydrogens (tertiary/aromatic N) is 1. The zero-order valence-corrected chi connectivity index (χ0v) is 13.5. The summed E-state index contributed by atoms with van der Waals surface area (Å²) >= 11 is 0. The van der Waals surface area contributed by atoms with Gasteiger partial charge in [-0.2, -0.15) is 0 Å². The Morgan fingerprint density at radius 2 is 1.74 bits per heavy atom. The smallest absolute Gasteiger partial charge is 0.317 e. The normalized spacial score (nSPS) is 16.4. The van der Waals surface area contributed by atoms with E-state index in [1.807, 2.05) is 35.2 Å². The van der Waals surface area contributed by atoms with Crippen LogP contribution in [0.4, 0.5) is 4.79 Å². The number of carbonyl (C=O) groups excluding carboxylic acids is 1. The van der Waals surface area contributed by atoms with Crippen molar-refractivity contribution in [2.75, 3.05) is 13.1 Å². The monoisotopic (exact) mass is 318 g/mol. The van der Waals surface area contributed by atoms with Gasteiger partial charge in [-0.15, -0.1) is 0 Å². The van der Waals surface area contributed by atoms with Crippen LogP contribution in [0.25, 0.3) is 0 Å². The van der Waals surface area contributed by atoms with Crippen molar-refractivity contribution in [3.63, 3.8) is 0 Å². The van der Waals surface area contributed by atoms with E-state index in [2.05, 4.69) is 5.32 Å². The van der Waals surface area contributed by atoms with Gasteiger partial charge in [-0.1, -0.05) is 43.2 Å². The molecule has 2 N–H and O–H groups in total. The molecule has 5 heteroatoms. The van der Waals surface area contributed by atoms with Gasteiger partial charge in [0.15, 0.2) is 0 Å². The molecule has 1 aromatic rings. The molecule has 1 heterocycles. The summed E-state index contributed by atoms with van der Waals surface area (Å²) in [7, 11) is 0. The Morgan fingerprint density at radius 1 is 1.09 bits per heavy atom. The van der Waals surface area contributed by atoms with Crippen molar-refractivity contribution in [3.8, 4) is 0 Å². The summed E-state index contributed by atoms with van der Waals surface area (Å²) in [6, 6.07) is 9.67. The summed E-state index contributed by atoms with van der Waals surface area (Å²) in [5, 5.41) is 12.0. The van der Waals surface area contributed by atoms with Crippen LogP contribution < -0.4 is 5.32 Å². The van der Waals surface area contributed by atoms with Crippen LogP contribution in [0.5, 0.6) is 0 Å². The van der Waals surface area contributed by atoms with Crippen molar-refractivity contribution in [2.24, 2.45) is 0 Å². The average Bonchev–Trinajstić information content (AvgIpc) is 2.83. The van der Waals surface area contributed by atoms with E-state index in [9.17, 15) is 9.59 Å². The fraction of sp³-hybridized carbons (Fsp3) is 0.556. The van der Waals surface area contributed by atoms with E-state index >= 15 is 0 Å². The van der Waals surface area contributed by atoms with Crippen LogP contribution in [0.3, 0.4) is 0 Å². The number of hydrogen-bond donors (Lipinski definition) is 2. The molecule has 23 heavy (non-hydrogen) atoms. The lowest BCUT2D eigenvalue weighted by atomic mass is 10.0. The largest absolute Gasteiger partial charge is 0.481 e. The van der Waals surface area contributed by atoms with E-state index in [4.69, 9.17) is 5.11 Å². The molecule has 2 rings (SSSR count). The number of nitrogens with one attached hydrogen (secondary N) is 1. The number of carboxylic acids is 1. The Kier molecular flexibility index (Phi) is 6.91. The van der Waals surface area contributed by atoms with Crippen LogP contribution >= 0.6 is 0 Å². The van der Waals surface area contributed by atoms with Gasteiger partial charge in [-0.25, -0.2) is 4.79 Å². The Labute approximate surface area is 137 Å². The topological polar surface area (TPSA) is 69.6 Å². The van der Waals surface area contributed by atoms with Gasteiger partial charge in [0.25, 0.3) is 0 Å². The maximum atomic E-state index is 12.5. The van der Waals surface area contributed by atoms with E-state index in [0.717, 1.165) is 31.5 Å². The molecule has 0 bridgehead atoms. The van der Waals surface area contributed by atoms with Crippen molar-refractivity contribution >= 4 is 12.0 Å². The second-order valence-electron chi connectivity index (χ2n) is 6.17. The molecule has 1 fully saturated rings. The van der Waals surface area contributed by atoms with E-state index in [1.54, 1.807) is 0 Å². The number of amides is 2. The molecule has 0 radical (unpaired) electrons. The molecule has 5 nitrogen and oxygen atoms in total. The lowest BCUT2D eigenvalue weighted by Crippen LogP contribution is -2.46. The maximum Gasteiger partial charge on any atom is 0.317 e. The fourth-order valence-corrected chi connectivity index (χ4v) is 2.96. The van der Waals surface area contributed by atoms with Gasteiger partial charge in [-0.3, -0.25) is 4.79 Å². The van der Waals surface area contributed by atoms with Crippen molar-refractivity contribution in [3.05, 3.63) is 35.9 Å². The lowest BCUT2D eigenvalue weighted by molar-refractivity contribution is -0.137. The van der Waals surface area contributed by atoms with Crippen LogP contribution in [0.1, 0.15) is 44.1 Å². The van der Waals surface area contributed by atoms with E-state index < -0.39 is 5.97 Å². The Morgan fingerprint density at radius 3 is 2.35 bits per heavy atom. The molecule has 1 aliphatic heterocycles. The van der Waals surface area contributed by atoms with Crippen LogP contribution in [-0.2, 0) is 11.2 Å². The van der Waals surface area contributed by atoms with Crippen LogP contribution in [0.2, 0.25) is 0 Å². The first-order valence-electron chi connectivity index (χ1n) is 8.46. The summed E-state index contributed by atoms with van der Waals surface area (Å²) in [5.74, 6) is -0.827. The summed E-state index contributed by atoms with van der Waals surface area (Å²) in [5.41, 5.74) is 1.11. The van der Waals surface area contributed by atoms with Crippen molar-refractivity contribution in [2.45, 2.75) is 51.0 Å². The average molecular weight is 318 g/mol. The highest BCUT2D eigenvalue weighted by Gasteiger charge is 2.20. The summed E-state index contributed by atoms with van der Waals surface area (Å²) in [6.07, 6.45) is 5.62. The SMILES string of the molecule is O=C(O)CCC(Cc1ccccc1)NC(=O)N1CCCCCC1. The number of urea groups is 1. The van der Waals surface area contributed by atoms with Crippen LogP contribution in [0, 0.1) is 0 Å². The molecule has 1 unspecified atom stereocenters. The lowest BCUT2D eigenvalue weighted by Gasteiger charge is -2.25. The zero-order chi connectivity index (χ0) is 16.5. The number of hydrogen-bond acceptors (Lipinski definition) is 2. The molecule has 1 aliphatic rings. The summed E-state index contributed by atoms with van der Waals surface area (Å²) in [6.45, 7) is 1.59. The van der Waals surface area contributed by atoms with Gasteiger partial charge in [0.1, 0.15) is 0 Å². The molecule has 1 atom stereocenters. The van der Waals surface area contributed by atoms with Gasteiger partial charge in [0.2, 0.25) is 0 Å². The third-order valence-electron chi connectivity index (χ3n) is 4.25. The van der Waals surface area contributed by atoms with E-state index in [1.165, 1.54) is 12.8 Å². The first-order chi connectivity index (χ1) is 11.1. The zero-order valence-electron chi connectivity index (χ0n) is 13.5. The number of aliphatic carboxylic acids is 1.